The third kappa shape index (κ3) is 14.1. The van der Waals surface area contributed by atoms with Gasteiger partial charge in [-0.2, -0.15) is 0 Å². The average molecular weight is 987 g/mol. The van der Waals surface area contributed by atoms with Crippen LogP contribution in [-0.2, 0) is 90.1 Å². The lowest BCUT2D eigenvalue weighted by Crippen LogP contribution is -2.69. The van der Waals surface area contributed by atoms with E-state index in [1.165, 1.54) is 26.6 Å². The molecule has 1 aromatic rings. The first-order valence-corrected chi connectivity index (χ1v) is 21.7. The SMILES string of the molecule is C=C[C@@H]1O[C@H](C=C)[C@@H]2C(=O)N(CCCCCN(Cc3cn(CCOCCO[C@@H]4OC(C(=O)[O-])[C@@H](O[C@H]5OC(COO[O-])[C@@H](O)[C@H](OO[O-])C5NC(C)=O)[C@H](O)C4O)nn3)C(=O)CCC(=O)[O-])C(=O)[C@@H]21. The maximum Gasteiger partial charge on any atom is 0.236 e. The number of aliphatic hydroxyl groups is 3. The van der Waals surface area contributed by atoms with Gasteiger partial charge in [0, 0.05) is 32.4 Å². The Labute approximate surface area is 392 Å². The summed E-state index contributed by atoms with van der Waals surface area (Å²) < 4.78 is 34.6. The van der Waals surface area contributed by atoms with E-state index in [2.05, 4.69) is 48.6 Å². The lowest BCUT2D eigenvalue weighted by molar-refractivity contribution is -0.808. The number of imide groups is 1. The fraction of sp³-hybridized carbons (Fsp3) is 0.700. The molecule has 29 nitrogen and oxygen atoms in total. The molecule has 0 aromatic carbocycles. The summed E-state index contributed by atoms with van der Waals surface area (Å²) in [5.74, 6) is -6.59. The van der Waals surface area contributed by atoms with E-state index in [0.717, 1.165) is 6.92 Å². The highest BCUT2D eigenvalue weighted by atomic mass is 17.5. The molecule has 4 amide bonds. The van der Waals surface area contributed by atoms with Gasteiger partial charge in [0.15, 0.2) is 12.6 Å². The minimum Gasteiger partial charge on any atom is -0.692 e. The number of aliphatic carboxylic acids is 2. The van der Waals surface area contributed by atoms with Crippen molar-refractivity contribution in [1.82, 2.24) is 30.1 Å². The average Bonchev–Trinajstić information content (AvgIpc) is 4.00. The first-order chi connectivity index (χ1) is 33.0. The van der Waals surface area contributed by atoms with Gasteiger partial charge in [-0.05, 0) is 25.7 Å². The zero-order valence-corrected chi connectivity index (χ0v) is 37.2. The van der Waals surface area contributed by atoms with E-state index < -0.39 is 122 Å². The summed E-state index contributed by atoms with van der Waals surface area (Å²) in [7, 11) is 0. The molecule has 0 radical (unpaired) electrons. The number of likely N-dealkylation sites (tertiary alicyclic amines) is 1. The number of amides is 4. The number of aromatic nitrogens is 3. The zero-order chi connectivity index (χ0) is 50.4. The van der Waals surface area contributed by atoms with Crippen LogP contribution in [0.25, 0.3) is 0 Å². The van der Waals surface area contributed by atoms with Crippen molar-refractivity contribution in [3.63, 3.8) is 0 Å². The Kier molecular flexibility index (Phi) is 21.0. The molecule has 1 aromatic heterocycles. The van der Waals surface area contributed by atoms with E-state index >= 15 is 0 Å². The van der Waals surface area contributed by atoms with Gasteiger partial charge in [-0.1, -0.05) is 17.4 Å². The standard InChI is InChI=1S/C40H58N6O23/c1-4-22-27-28(23(5-2)63-22)37(55)46(36(27)54)12-8-6-7-11-44(25(48)9-10-26(49)50)17-21-18-45(43-42-21)13-14-60-15-16-61-40-32(53)31(52)34(35(66-40)38(56)57)65-39-29(41-20(3)47)33(67-69-59)30(51)24(64-39)19-62-68-58/h4-5,18,22-24,27-35,39-40,51-53,58-59H,1-2,6-17,19H2,3H3,(H,41,47)(H,49,50)(H,56,57)/p-4/t22-,23+,24?,27+,28-,29?,30-,31-,32?,33-,34+,35?,39-,40-/m1/s1. The van der Waals surface area contributed by atoms with Crippen molar-refractivity contribution in [3.8, 4) is 0 Å². The molecule has 0 spiro atoms. The number of nitrogens with zero attached hydrogens (tertiary/aromatic N) is 5. The van der Waals surface area contributed by atoms with Crippen LogP contribution in [0.5, 0.6) is 0 Å². The van der Waals surface area contributed by atoms with Gasteiger partial charge in [-0.15, -0.1) is 18.3 Å². The largest absolute Gasteiger partial charge is 0.692 e. The molecule has 4 aliphatic heterocycles. The van der Waals surface area contributed by atoms with Crippen molar-refractivity contribution in [2.75, 3.05) is 39.5 Å². The van der Waals surface area contributed by atoms with Gasteiger partial charge < -0.3 is 84.3 Å². The maximum atomic E-state index is 13.1. The predicted octanol–water partition coefficient (Wildman–Crippen LogP) is -7.93. The minimum atomic E-state index is -2.17. The highest BCUT2D eigenvalue weighted by Gasteiger charge is 2.58. The molecule has 5 rings (SSSR count). The molecule has 386 valence electrons. The molecule has 29 heteroatoms. The summed E-state index contributed by atoms with van der Waals surface area (Å²) >= 11 is 0. The fourth-order valence-corrected chi connectivity index (χ4v) is 8.33. The number of ether oxygens (including phenoxy) is 6. The summed E-state index contributed by atoms with van der Waals surface area (Å²) in [4.78, 5) is 86.0. The van der Waals surface area contributed by atoms with E-state index in [1.807, 2.05) is 0 Å². The number of nitrogens with one attached hydrogen (secondary N) is 1. The number of carbonyl (C=O) groups is 6. The lowest BCUT2D eigenvalue weighted by atomic mass is 9.89. The normalized spacial score (nSPS) is 31.1. The van der Waals surface area contributed by atoms with Crippen LogP contribution < -0.4 is 26.0 Å². The van der Waals surface area contributed by atoms with E-state index in [1.54, 1.807) is 6.20 Å². The Hall–Kier alpha value is -4.96. The molecule has 4 saturated heterocycles. The number of unbranched alkanes of at least 4 members (excludes halogenated alkanes) is 2. The van der Waals surface area contributed by atoms with Crippen molar-refractivity contribution in [3.05, 3.63) is 37.2 Å². The number of rotatable bonds is 29. The number of fused-ring (bicyclic) bond motifs is 1. The second-order valence-corrected chi connectivity index (χ2v) is 16.2. The van der Waals surface area contributed by atoms with E-state index in [0.29, 0.717) is 25.0 Å². The molecule has 69 heavy (non-hydrogen) atoms. The lowest BCUT2D eigenvalue weighted by Gasteiger charge is -2.48. The quantitative estimate of drug-likeness (QED) is 0.0190. The van der Waals surface area contributed by atoms with Crippen molar-refractivity contribution in [2.45, 2.75) is 126 Å². The second-order valence-electron chi connectivity index (χ2n) is 16.2. The van der Waals surface area contributed by atoms with Gasteiger partial charge >= 0.3 is 0 Å². The van der Waals surface area contributed by atoms with Crippen LogP contribution in [0.15, 0.2) is 31.5 Å². The van der Waals surface area contributed by atoms with Gasteiger partial charge in [0.2, 0.25) is 23.6 Å². The van der Waals surface area contributed by atoms with E-state index in [9.17, 15) is 64.8 Å². The Morgan fingerprint density at radius 2 is 1.58 bits per heavy atom. The van der Waals surface area contributed by atoms with Crippen LogP contribution in [0, 0.1) is 11.8 Å². The van der Waals surface area contributed by atoms with Gasteiger partial charge in [0.1, 0.15) is 61.1 Å². The smallest absolute Gasteiger partial charge is 0.236 e. The monoisotopic (exact) mass is 986 g/mol. The molecule has 4 N–H and O–H groups in total. The Morgan fingerprint density at radius 3 is 2.20 bits per heavy atom. The topological polar surface area (TPSA) is 397 Å². The number of hydrogen-bond acceptors (Lipinski definition) is 25. The first kappa shape index (κ1) is 55.0. The third-order valence-corrected chi connectivity index (χ3v) is 11.6. The van der Waals surface area contributed by atoms with Crippen LogP contribution in [0.2, 0.25) is 0 Å². The predicted molar refractivity (Wildman–Crippen MR) is 209 cm³/mol. The van der Waals surface area contributed by atoms with Gasteiger partial charge in [0.25, 0.3) is 0 Å². The molecule has 4 fully saturated rings. The Morgan fingerprint density at radius 1 is 0.870 bits per heavy atom. The van der Waals surface area contributed by atoms with Crippen LogP contribution in [0.4, 0.5) is 0 Å². The molecule has 0 saturated carbocycles. The summed E-state index contributed by atoms with van der Waals surface area (Å²) in [6, 6.07) is -1.64. The summed E-state index contributed by atoms with van der Waals surface area (Å²) in [5, 5.41) is 94.1. The molecule has 4 unspecified atom stereocenters. The van der Waals surface area contributed by atoms with Gasteiger partial charge in [-0.3, -0.25) is 34.2 Å². The van der Waals surface area contributed by atoms with Gasteiger partial charge in [0.05, 0.1) is 69.1 Å². The first-order valence-electron chi connectivity index (χ1n) is 21.7. The van der Waals surface area contributed by atoms with Crippen molar-refractivity contribution < 1.29 is 113 Å². The summed E-state index contributed by atoms with van der Waals surface area (Å²) in [5.41, 5.74) is 0.369. The molecule has 4 aliphatic rings. The zero-order valence-electron chi connectivity index (χ0n) is 37.2. The molecular formula is C40H54N6O23-4. The summed E-state index contributed by atoms with van der Waals surface area (Å²) in [6.45, 7) is 7.69. The maximum absolute atomic E-state index is 13.1. The van der Waals surface area contributed by atoms with Crippen molar-refractivity contribution >= 4 is 35.6 Å². The highest BCUT2D eigenvalue weighted by Crippen LogP contribution is 2.41. The molecule has 14 atom stereocenters. The molecular weight excluding hydrogens is 932 g/mol. The Balaban J connectivity index is 1.07. The number of carboxylic acids is 2. The van der Waals surface area contributed by atoms with Crippen molar-refractivity contribution in [2.24, 2.45) is 11.8 Å². The minimum absolute atomic E-state index is 0.0152. The third-order valence-electron chi connectivity index (χ3n) is 11.6. The van der Waals surface area contributed by atoms with Crippen LogP contribution in [0.3, 0.4) is 0 Å². The second kappa shape index (κ2) is 26.3. The molecule has 5 heterocycles. The van der Waals surface area contributed by atoms with Crippen LogP contribution in [0.1, 0.15) is 44.7 Å². The highest BCUT2D eigenvalue weighted by molar-refractivity contribution is 6.06. The number of hydrogen-bond donors (Lipinski definition) is 4. The fourth-order valence-electron chi connectivity index (χ4n) is 8.33. The Bertz CT molecular complexity index is 1890. The van der Waals surface area contributed by atoms with Crippen LogP contribution >= 0.6 is 0 Å². The number of aliphatic hydroxyl groups excluding tert-OH is 3. The van der Waals surface area contributed by atoms with Crippen LogP contribution in [-0.4, -0.2) is 189 Å². The summed E-state index contributed by atoms with van der Waals surface area (Å²) in [6.07, 6.45) is -13.2. The number of carbonyl (C=O) groups excluding carboxylic acids is 6. The molecule has 0 bridgehead atoms. The van der Waals surface area contributed by atoms with Crippen molar-refractivity contribution in [1.29, 1.82) is 0 Å². The van der Waals surface area contributed by atoms with E-state index in [4.69, 9.17) is 28.4 Å². The number of carboxylic acid groups (broad SMARTS) is 2. The van der Waals surface area contributed by atoms with E-state index in [-0.39, 0.29) is 64.2 Å². The molecule has 0 aliphatic carbocycles. The van der Waals surface area contributed by atoms with Gasteiger partial charge in [-0.25, -0.2) is 14.5 Å².